The molecule has 2 aromatic carbocycles. The van der Waals surface area contributed by atoms with E-state index in [1.54, 1.807) is 0 Å². The number of aromatic amines is 1. The number of likely N-dealkylation sites (N-methyl/N-ethyl adjacent to an activating group) is 1. The molecule has 1 aliphatic heterocycles. The van der Waals surface area contributed by atoms with Crippen LogP contribution >= 0.6 is 0 Å². The van der Waals surface area contributed by atoms with Gasteiger partial charge in [-0.25, -0.2) is 0 Å². The monoisotopic (exact) mass is 320 g/mol. The van der Waals surface area contributed by atoms with Crippen molar-refractivity contribution in [3.63, 3.8) is 0 Å². The Hall–Kier alpha value is -2.17. The van der Waals surface area contributed by atoms with Crippen LogP contribution < -0.4 is 0 Å². The van der Waals surface area contributed by atoms with Crippen LogP contribution in [-0.2, 0) is 13.1 Å². The van der Waals surface area contributed by atoms with E-state index < -0.39 is 0 Å². The van der Waals surface area contributed by atoms with E-state index in [0.29, 0.717) is 5.92 Å². The third-order valence-electron chi connectivity index (χ3n) is 4.88. The van der Waals surface area contributed by atoms with Gasteiger partial charge < -0.3 is 9.80 Å². The van der Waals surface area contributed by atoms with Gasteiger partial charge in [-0.2, -0.15) is 5.10 Å². The quantitative estimate of drug-likeness (QED) is 0.805. The van der Waals surface area contributed by atoms with Gasteiger partial charge in [0.2, 0.25) is 0 Å². The molecule has 1 aromatic heterocycles. The molecule has 1 N–H and O–H groups in total. The van der Waals surface area contributed by atoms with E-state index in [1.165, 1.54) is 27.6 Å². The summed E-state index contributed by atoms with van der Waals surface area (Å²) in [6.07, 6.45) is 1.88. The molecule has 1 unspecified atom stereocenters. The Morgan fingerprint density at radius 2 is 2.08 bits per heavy atom. The first kappa shape index (κ1) is 15.4. The number of benzene rings is 2. The fraction of sp³-hybridized carbons (Fsp3) is 0.350. The Morgan fingerprint density at radius 1 is 1.21 bits per heavy atom. The van der Waals surface area contributed by atoms with E-state index in [-0.39, 0.29) is 0 Å². The lowest BCUT2D eigenvalue weighted by atomic mass is 9.84. The van der Waals surface area contributed by atoms with Crippen molar-refractivity contribution in [2.75, 3.05) is 27.7 Å². The van der Waals surface area contributed by atoms with Crippen molar-refractivity contribution in [1.29, 1.82) is 0 Å². The summed E-state index contributed by atoms with van der Waals surface area (Å²) in [5.41, 5.74) is 6.79. The number of aromatic nitrogens is 2. The number of nitrogens with one attached hydrogen (secondary N) is 1. The summed E-state index contributed by atoms with van der Waals surface area (Å²) >= 11 is 0. The van der Waals surface area contributed by atoms with E-state index >= 15 is 0 Å². The predicted molar refractivity (Wildman–Crippen MR) is 98.1 cm³/mol. The molecule has 0 saturated heterocycles. The zero-order valence-corrected chi connectivity index (χ0v) is 14.6. The number of fused-ring (bicyclic) bond motifs is 2. The lowest BCUT2D eigenvalue weighted by Gasteiger charge is -2.33. The Morgan fingerprint density at radius 3 is 2.92 bits per heavy atom. The fourth-order valence-electron chi connectivity index (χ4n) is 3.82. The number of rotatable bonds is 3. The van der Waals surface area contributed by atoms with Crippen LogP contribution in [0.4, 0.5) is 0 Å². The molecule has 1 atom stereocenters. The highest BCUT2D eigenvalue weighted by molar-refractivity contribution is 5.78. The predicted octanol–water partition coefficient (Wildman–Crippen LogP) is 3.20. The van der Waals surface area contributed by atoms with Crippen molar-refractivity contribution in [3.8, 4) is 0 Å². The lowest BCUT2D eigenvalue weighted by molar-refractivity contribution is 0.294. The minimum Gasteiger partial charge on any atom is -0.305 e. The van der Waals surface area contributed by atoms with Crippen LogP contribution in [0, 0.1) is 0 Å². The summed E-state index contributed by atoms with van der Waals surface area (Å²) in [6.45, 7) is 3.07. The molecule has 0 amide bonds. The van der Waals surface area contributed by atoms with Crippen LogP contribution in [0.3, 0.4) is 0 Å². The Labute approximate surface area is 143 Å². The number of nitrogens with zero attached hydrogens (tertiary/aromatic N) is 3. The van der Waals surface area contributed by atoms with E-state index in [1.807, 2.05) is 6.20 Å². The molecule has 0 saturated carbocycles. The zero-order valence-electron chi connectivity index (χ0n) is 14.6. The number of H-pyrrole nitrogens is 1. The molecule has 124 valence electrons. The summed E-state index contributed by atoms with van der Waals surface area (Å²) in [5.74, 6) is 0.417. The second-order valence-electron chi connectivity index (χ2n) is 7.24. The average Bonchev–Trinajstić information content (AvgIpc) is 3.00. The van der Waals surface area contributed by atoms with E-state index in [4.69, 9.17) is 0 Å². The Balaban J connectivity index is 1.74. The normalized spacial score (nSPS) is 18.2. The van der Waals surface area contributed by atoms with Gasteiger partial charge >= 0.3 is 0 Å². The largest absolute Gasteiger partial charge is 0.305 e. The third-order valence-corrected chi connectivity index (χ3v) is 4.88. The number of hydrogen-bond acceptors (Lipinski definition) is 3. The molecule has 4 heteroatoms. The molecule has 4 nitrogen and oxygen atoms in total. The summed E-state index contributed by atoms with van der Waals surface area (Å²) in [4.78, 5) is 4.64. The first-order valence-electron chi connectivity index (χ1n) is 8.48. The SMILES string of the molecule is CN(C)Cc1ccc2c(c1)CN(C)CC2c1ccc2cn[nH]c2c1. The Kier molecular flexibility index (Phi) is 3.87. The Bertz CT molecular complexity index is 865. The highest BCUT2D eigenvalue weighted by Gasteiger charge is 2.25. The van der Waals surface area contributed by atoms with Crippen LogP contribution in [-0.4, -0.2) is 47.7 Å². The summed E-state index contributed by atoms with van der Waals surface area (Å²) in [5, 5.41) is 8.41. The maximum atomic E-state index is 4.15. The third kappa shape index (κ3) is 2.83. The molecule has 1 aliphatic rings. The van der Waals surface area contributed by atoms with Crippen molar-refractivity contribution in [3.05, 3.63) is 64.8 Å². The van der Waals surface area contributed by atoms with Gasteiger partial charge in [-0.3, -0.25) is 5.10 Å². The van der Waals surface area contributed by atoms with Gasteiger partial charge in [-0.05, 0) is 49.5 Å². The van der Waals surface area contributed by atoms with Gasteiger partial charge in [-0.1, -0.05) is 30.3 Å². The van der Waals surface area contributed by atoms with Crippen molar-refractivity contribution in [1.82, 2.24) is 20.0 Å². The molecule has 0 aliphatic carbocycles. The smallest absolute Gasteiger partial charge is 0.0653 e. The molecule has 4 rings (SSSR count). The van der Waals surface area contributed by atoms with Crippen LogP contribution in [0.15, 0.2) is 42.6 Å². The average molecular weight is 320 g/mol. The molecular weight excluding hydrogens is 296 g/mol. The fourth-order valence-corrected chi connectivity index (χ4v) is 3.82. The zero-order chi connectivity index (χ0) is 16.7. The van der Waals surface area contributed by atoms with Crippen molar-refractivity contribution < 1.29 is 0 Å². The van der Waals surface area contributed by atoms with Gasteiger partial charge in [0.05, 0.1) is 11.7 Å². The first-order valence-corrected chi connectivity index (χ1v) is 8.48. The molecular formula is C20H24N4. The second kappa shape index (κ2) is 6.04. The van der Waals surface area contributed by atoms with Crippen molar-refractivity contribution in [2.45, 2.75) is 19.0 Å². The molecule has 24 heavy (non-hydrogen) atoms. The lowest BCUT2D eigenvalue weighted by Crippen LogP contribution is -2.31. The number of hydrogen-bond donors (Lipinski definition) is 1. The maximum Gasteiger partial charge on any atom is 0.0653 e. The molecule has 3 aromatic rings. The minimum absolute atomic E-state index is 0.417. The molecule has 0 spiro atoms. The molecule has 0 fully saturated rings. The van der Waals surface area contributed by atoms with Gasteiger partial charge in [0.1, 0.15) is 0 Å². The first-order chi connectivity index (χ1) is 11.6. The van der Waals surface area contributed by atoms with Crippen molar-refractivity contribution in [2.24, 2.45) is 0 Å². The maximum absolute atomic E-state index is 4.15. The standard InChI is InChI=1S/C20H24N4/c1-23(2)11-14-4-7-18-17(8-14)12-24(3)13-19(18)15-5-6-16-10-21-22-20(16)9-15/h4-10,19H,11-13H2,1-3H3,(H,21,22). The van der Waals surface area contributed by atoms with Gasteiger partial charge in [0.25, 0.3) is 0 Å². The van der Waals surface area contributed by atoms with Crippen LogP contribution in [0.1, 0.15) is 28.2 Å². The van der Waals surface area contributed by atoms with Gasteiger partial charge in [0.15, 0.2) is 0 Å². The van der Waals surface area contributed by atoms with Crippen LogP contribution in [0.5, 0.6) is 0 Å². The van der Waals surface area contributed by atoms with Gasteiger partial charge in [-0.15, -0.1) is 0 Å². The second-order valence-corrected chi connectivity index (χ2v) is 7.24. The summed E-state index contributed by atoms with van der Waals surface area (Å²) in [7, 11) is 6.45. The van der Waals surface area contributed by atoms with Crippen LogP contribution in [0.2, 0.25) is 0 Å². The summed E-state index contributed by atoms with van der Waals surface area (Å²) in [6, 6.07) is 13.7. The topological polar surface area (TPSA) is 35.2 Å². The highest BCUT2D eigenvalue weighted by Crippen LogP contribution is 2.34. The molecule has 0 radical (unpaired) electrons. The van der Waals surface area contributed by atoms with E-state index in [2.05, 4.69) is 77.5 Å². The molecule has 0 bridgehead atoms. The van der Waals surface area contributed by atoms with E-state index in [0.717, 1.165) is 25.2 Å². The minimum atomic E-state index is 0.417. The molecule has 2 heterocycles. The summed E-state index contributed by atoms with van der Waals surface area (Å²) < 4.78 is 0. The van der Waals surface area contributed by atoms with Crippen molar-refractivity contribution >= 4 is 10.9 Å². The van der Waals surface area contributed by atoms with Gasteiger partial charge in [0, 0.05) is 30.9 Å². The van der Waals surface area contributed by atoms with Crippen LogP contribution in [0.25, 0.3) is 10.9 Å². The van der Waals surface area contributed by atoms with E-state index in [9.17, 15) is 0 Å². The highest BCUT2D eigenvalue weighted by atomic mass is 15.1.